The predicted octanol–water partition coefficient (Wildman–Crippen LogP) is 3.02. The smallest absolute Gasteiger partial charge is 0.295 e. The van der Waals surface area contributed by atoms with Crippen molar-refractivity contribution in [1.29, 1.82) is 0 Å². The maximum Gasteiger partial charge on any atom is 0.396 e. The highest BCUT2D eigenvalue weighted by molar-refractivity contribution is 5.98. The Morgan fingerprint density at radius 1 is 1.06 bits per heavy atom. The molecule has 1 aromatic carbocycles. The SMILES string of the molecule is CC(=O)c1ccc(C(=O)CC(F)(F)F)cc1. The number of hydrogen-bond acceptors (Lipinski definition) is 2. The molecule has 0 saturated carbocycles. The van der Waals surface area contributed by atoms with E-state index >= 15 is 0 Å². The normalized spacial score (nSPS) is 11.2. The summed E-state index contributed by atoms with van der Waals surface area (Å²) >= 11 is 0. The summed E-state index contributed by atoms with van der Waals surface area (Å²) in [6.07, 6.45) is -5.98. The van der Waals surface area contributed by atoms with Crippen molar-refractivity contribution in [3.8, 4) is 0 Å². The summed E-state index contributed by atoms with van der Waals surface area (Å²) in [5, 5.41) is 0. The largest absolute Gasteiger partial charge is 0.396 e. The van der Waals surface area contributed by atoms with Gasteiger partial charge in [-0.2, -0.15) is 13.2 Å². The molecule has 0 fully saturated rings. The lowest BCUT2D eigenvalue weighted by Gasteiger charge is -2.05. The monoisotopic (exact) mass is 230 g/mol. The highest BCUT2D eigenvalue weighted by Gasteiger charge is 2.31. The van der Waals surface area contributed by atoms with Gasteiger partial charge in [0.15, 0.2) is 11.6 Å². The van der Waals surface area contributed by atoms with Crippen molar-refractivity contribution in [2.24, 2.45) is 0 Å². The molecule has 5 heteroatoms. The van der Waals surface area contributed by atoms with E-state index in [0.717, 1.165) is 0 Å². The number of halogens is 3. The fraction of sp³-hybridized carbons (Fsp3) is 0.273. The second kappa shape index (κ2) is 4.47. The van der Waals surface area contributed by atoms with Gasteiger partial charge in [-0.1, -0.05) is 24.3 Å². The Balaban J connectivity index is 2.82. The summed E-state index contributed by atoms with van der Waals surface area (Å²) in [7, 11) is 0. The molecular formula is C11H9F3O2. The van der Waals surface area contributed by atoms with Crippen LogP contribution in [0.3, 0.4) is 0 Å². The summed E-state index contributed by atoms with van der Waals surface area (Å²) in [5.74, 6) is -1.20. The maximum absolute atomic E-state index is 11.9. The van der Waals surface area contributed by atoms with Gasteiger partial charge in [0, 0.05) is 11.1 Å². The summed E-state index contributed by atoms with van der Waals surface area (Å²) in [5.41, 5.74) is 0.325. The van der Waals surface area contributed by atoms with Crippen LogP contribution in [0.4, 0.5) is 13.2 Å². The summed E-state index contributed by atoms with van der Waals surface area (Å²) in [6, 6.07) is 5.13. The van der Waals surface area contributed by atoms with E-state index in [1.165, 1.54) is 31.2 Å². The number of Topliss-reactive ketones (excluding diaryl/α,β-unsaturated/α-hetero) is 2. The van der Waals surface area contributed by atoms with E-state index in [9.17, 15) is 22.8 Å². The summed E-state index contributed by atoms with van der Waals surface area (Å²) in [4.78, 5) is 22.0. The number of carbonyl (C=O) groups excluding carboxylic acids is 2. The Kier molecular flexibility index (Phi) is 3.47. The molecule has 86 valence electrons. The van der Waals surface area contributed by atoms with Crippen LogP contribution in [-0.2, 0) is 0 Å². The van der Waals surface area contributed by atoms with Crippen LogP contribution >= 0.6 is 0 Å². The highest BCUT2D eigenvalue weighted by atomic mass is 19.4. The van der Waals surface area contributed by atoms with Gasteiger partial charge >= 0.3 is 6.18 Å². The molecule has 0 atom stereocenters. The van der Waals surface area contributed by atoms with Gasteiger partial charge in [0.2, 0.25) is 0 Å². The molecule has 0 bridgehead atoms. The zero-order valence-electron chi connectivity index (χ0n) is 8.47. The second-order valence-electron chi connectivity index (χ2n) is 3.35. The van der Waals surface area contributed by atoms with Crippen LogP contribution in [0.15, 0.2) is 24.3 Å². The van der Waals surface area contributed by atoms with Gasteiger partial charge in [-0.25, -0.2) is 0 Å². The molecule has 0 heterocycles. The van der Waals surface area contributed by atoms with E-state index in [2.05, 4.69) is 0 Å². The van der Waals surface area contributed by atoms with Crippen LogP contribution in [0.1, 0.15) is 34.1 Å². The quantitative estimate of drug-likeness (QED) is 0.748. The third-order valence-electron chi connectivity index (χ3n) is 1.97. The van der Waals surface area contributed by atoms with E-state index in [-0.39, 0.29) is 11.3 Å². The first-order valence-electron chi connectivity index (χ1n) is 4.50. The van der Waals surface area contributed by atoms with Gasteiger partial charge in [-0.15, -0.1) is 0 Å². The first-order valence-corrected chi connectivity index (χ1v) is 4.50. The molecule has 0 aromatic heterocycles. The van der Waals surface area contributed by atoms with E-state index in [1.54, 1.807) is 0 Å². The number of ketones is 2. The minimum Gasteiger partial charge on any atom is -0.295 e. The van der Waals surface area contributed by atoms with Gasteiger partial charge in [-0.3, -0.25) is 9.59 Å². The van der Waals surface area contributed by atoms with Crippen molar-refractivity contribution in [1.82, 2.24) is 0 Å². The lowest BCUT2D eigenvalue weighted by Crippen LogP contribution is -2.15. The standard InChI is InChI=1S/C11H9F3O2/c1-7(15)8-2-4-9(5-3-8)10(16)6-11(12,13)14/h2-5H,6H2,1H3. The molecule has 2 nitrogen and oxygen atoms in total. The van der Waals surface area contributed by atoms with Crippen molar-refractivity contribution in [3.63, 3.8) is 0 Å². The Morgan fingerprint density at radius 2 is 1.50 bits per heavy atom. The van der Waals surface area contributed by atoms with Crippen molar-refractivity contribution < 1.29 is 22.8 Å². The number of benzene rings is 1. The lowest BCUT2D eigenvalue weighted by molar-refractivity contribution is -0.125. The second-order valence-corrected chi connectivity index (χ2v) is 3.35. The van der Waals surface area contributed by atoms with E-state index in [1.807, 2.05) is 0 Å². The Morgan fingerprint density at radius 3 is 1.88 bits per heavy atom. The molecule has 0 saturated heterocycles. The molecule has 16 heavy (non-hydrogen) atoms. The van der Waals surface area contributed by atoms with Crippen LogP contribution in [0, 0.1) is 0 Å². The molecule has 0 aliphatic carbocycles. The molecule has 0 aliphatic rings. The zero-order valence-corrected chi connectivity index (χ0v) is 8.47. The molecule has 0 amide bonds. The van der Waals surface area contributed by atoms with Crippen LogP contribution < -0.4 is 0 Å². The highest BCUT2D eigenvalue weighted by Crippen LogP contribution is 2.22. The van der Waals surface area contributed by atoms with Crippen molar-refractivity contribution >= 4 is 11.6 Å². The summed E-state index contributed by atoms with van der Waals surface area (Å²) in [6.45, 7) is 1.34. The van der Waals surface area contributed by atoms with Gasteiger partial charge in [-0.05, 0) is 6.92 Å². The van der Waals surface area contributed by atoms with E-state index in [4.69, 9.17) is 0 Å². The first-order chi connectivity index (χ1) is 7.29. The molecule has 1 aromatic rings. The van der Waals surface area contributed by atoms with Crippen LogP contribution in [0.5, 0.6) is 0 Å². The average molecular weight is 230 g/mol. The minimum absolute atomic E-state index is 0.0395. The minimum atomic E-state index is -4.50. The first kappa shape index (κ1) is 12.4. The van der Waals surface area contributed by atoms with E-state index < -0.39 is 18.4 Å². The molecule has 0 unspecified atom stereocenters. The fourth-order valence-corrected chi connectivity index (χ4v) is 1.17. The topological polar surface area (TPSA) is 34.1 Å². The number of carbonyl (C=O) groups is 2. The number of hydrogen-bond donors (Lipinski definition) is 0. The molecule has 0 N–H and O–H groups in total. The zero-order chi connectivity index (χ0) is 12.3. The van der Waals surface area contributed by atoms with Gasteiger partial charge in [0.05, 0.1) is 0 Å². The van der Waals surface area contributed by atoms with Crippen LogP contribution in [-0.4, -0.2) is 17.7 Å². The van der Waals surface area contributed by atoms with Crippen LogP contribution in [0.2, 0.25) is 0 Å². The number of alkyl halides is 3. The van der Waals surface area contributed by atoms with Crippen molar-refractivity contribution in [2.75, 3.05) is 0 Å². The summed E-state index contributed by atoms with van der Waals surface area (Å²) < 4.78 is 35.8. The molecule has 0 spiro atoms. The third-order valence-corrected chi connectivity index (χ3v) is 1.97. The van der Waals surface area contributed by atoms with Crippen molar-refractivity contribution in [2.45, 2.75) is 19.5 Å². The van der Waals surface area contributed by atoms with Crippen molar-refractivity contribution in [3.05, 3.63) is 35.4 Å². The number of rotatable bonds is 3. The molecule has 0 aliphatic heterocycles. The predicted molar refractivity (Wildman–Crippen MR) is 51.4 cm³/mol. The Bertz CT molecular complexity index is 404. The van der Waals surface area contributed by atoms with Gasteiger partial charge < -0.3 is 0 Å². The fourth-order valence-electron chi connectivity index (χ4n) is 1.17. The maximum atomic E-state index is 11.9. The third kappa shape index (κ3) is 3.49. The Labute approximate surface area is 90.1 Å². The molecule has 1 rings (SSSR count). The van der Waals surface area contributed by atoms with Crippen LogP contribution in [0.25, 0.3) is 0 Å². The Hall–Kier alpha value is -1.65. The van der Waals surface area contributed by atoms with Gasteiger partial charge in [0.25, 0.3) is 0 Å². The lowest BCUT2D eigenvalue weighted by atomic mass is 10.0. The van der Waals surface area contributed by atoms with Gasteiger partial charge in [0.1, 0.15) is 6.42 Å². The van der Waals surface area contributed by atoms with E-state index in [0.29, 0.717) is 5.56 Å². The average Bonchev–Trinajstić information content (AvgIpc) is 2.15. The molecular weight excluding hydrogens is 221 g/mol. The molecule has 0 radical (unpaired) electrons.